The molecule has 1 saturated carbocycles. The average Bonchev–Trinajstić information content (AvgIpc) is 2.50. The van der Waals surface area contributed by atoms with E-state index in [2.05, 4.69) is 0 Å². The standard InChI is InChI=1S/C10H16O3/c1-7(11)6-9(10(12)13)8-4-2-3-5-8/h8-9H,2-6H2,1H3,(H,12,13). The molecule has 0 amide bonds. The first-order valence-electron chi connectivity index (χ1n) is 4.83. The largest absolute Gasteiger partial charge is 0.481 e. The van der Waals surface area contributed by atoms with E-state index in [-0.39, 0.29) is 18.1 Å². The van der Waals surface area contributed by atoms with Gasteiger partial charge in [0.1, 0.15) is 5.78 Å². The minimum absolute atomic E-state index is 0.0145. The molecule has 3 heteroatoms. The van der Waals surface area contributed by atoms with Crippen LogP contribution < -0.4 is 0 Å². The summed E-state index contributed by atoms with van der Waals surface area (Å²) in [4.78, 5) is 21.7. The molecule has 1 rings (SSSR count). The first-order valence-corrected chi connectivity index (χ1v) is 4.83. The number of carbonyl (C=O) groups excluding carboxylic acids is 1. The highest BCUT2D eigenvalue weighted by Crippen LogP contribution is 2.33. The molecule has 0 radical (unpaired) electrons. The fourth-order valence-electron chi connectivity index (χ4n) is 2.13. The van der Waals surface area contributed by atoms with Gasteiger partial charge in [-0.1, -0.05) is 12.8 Å². The summed E-state index contributed by atoms with van der Waals surface area (Å²) in [5.41, 5.74) is 0. The number of ketones is 1. The Kier molecular flexibility index (Phi) is 3.46. The lowest BCUT2D eigenvalue weighted by molar-refractivity contribution is -0.145. The van der Waals surface area contributed by atoms with E-state index < -0.39 is 11.9 Å². The van der Waals surface area contributed by atoms with Crippen LogP contribution >= 0.6 is 0 Å². The number of aliphatic carboxylic acids is 1. The quantitative estimate of drug-likeness (QED) is 0.725. The number of hydrogen-bond acceptors (Lipinski definition) is 2. The normalized spacial score (nSPS) is 20.1. The molecule has 0 heterocycles. The molecule has 1 atom stereocenters. The van der Waals surface area contributed by atoms with Crippen LogP contribution in [0.4, 0.5) is 0 Å². The first kappa shape index (κ1) is 10.2. The fourth-order valence-corrected chi connectivity index (χ4v) is 2.13. The van der Waals surface area contributed by atoms with Gasteiger partial charge in [-0.25, -0.2) is 0 Å². The number of carboxylic acid groups (broad SMARTS) is 1. The molecule has 13 heavy (non-hydrogen) atoms. The number of carboxylic acids is 1. The summed E-state index contributed by atoms with van der Waals surface area (Å²) in [7, 11) is 0. The molecule has 0 bridgehead atoms. The van der Waals surface area contributed by atoms with Gasteiger partial charge in [-0.3, -0.25) is 4.79 Å². The first-order chi connectivity index (χ1) is 6.11. The van der Waals surface area contributed by atoms with Crippen LogP contribution in [0.15, 0.2) is 0 Å². The van der Waals surface area contributed by atoms with Crippen molar-refractivity contribution in [3.63, 3.8) is 0 Å². The smallest absolute Gasteiger partial charge is 0.307 e. The van der Waals surface area contributed by atoms with Crippen molar-refractivity contribution in [2.75, 3.05) is 0 Å². The summed E-state index contributed by atoms with van der Waals surface area (Å²) in [6.07, 6.45) is 4.40. The van der Waals surface area contributed by atoms with Gasteiger partial charge in [0, 0.05) is 6.42 Å². The third-order valence-electron chi connectivity index (χ3n) is 2.79. The number of hydrogen-bond donors (Lipinski definition) is 1. The molecule has 0 aliphatic heterocycles. The summed E-state index contributed by atoms with van der Waals surface area (Å²) < 4.78 is 0. The molecule has 0 aromatic carbocycles. The highest BCUT2D eigenvalue weighted by molar-refractivity contribution is 5.82. The summed E-state index contributed by atoms with van der Waals surface area (Å²) in [5.74, 6) is -1.01. The Morgan fingerprint density at radius 1 is 1.38 bits per heavy atom. The second-order valence-electron chi connectivity index (χ2n) is 3.90. The highest BCUT2D eigenvalue weighted by atomic mass is 16.4. The summed E-state index contributed by atoms with van der Waals surface area (Å²) in [5, 5.41) is 8.93. The molecule has 1 unspecified atom stereocenters. The van der Waals surface area contributed by atoms with Gasteiger partial charge in [-0.15, -0.1) is 0 Å². The van der Waals surface area contributed by atoms with Crippen LogP contribution in [0, 0.1) is 11.8 Å². The molecule has 1 aliphatic rings. The third-order valence-corrected chi connectivity index (χ3v) is 2.79. The molecule has 1 fully saturated rings. The van der Waals surface area contributed by atoms with Crippen LogP contribution in [0.2, 0.25) is 0 Å². The van der Waals surface area contributed by atoms with Crippen molar-refractivity contribution in [2.45, 2.75) is 39.0 Å². The molecular weight excluding hydrogens is 168 g/mol. The predicted molar refractivity (Wildman–Crippen MR) is 48.4 cm³/mol. The van der Waals surface area contributed by atoms with E-state index in [1.54, 1.807) is 0 Å². The van der Waals surface area contributed by atoms with E-state index in [0.717, 1.165) is 25.7 Å². The van der Waals surface area contributed by atoms with Crippen LogP contribution in [0.3, 0.4) is 0 Å². The van der Waals surface area contributed by atoms with Gasteiger partial charge in [-0.2, -0.15) is 0 Å². The van der Waals surface area contributed by atoms with Crippen molar-refractivity contribution >= 4 is 11.8 Å². The van der Waals surface area contributed by atoms with Crippen molar-refractivity contribution in [1.29, 1.82) is 0 Å². The van der Waals surface area contributed by atoms with Crippen molar-refractivity contribution in [3.8, 4) is 0 Å². The van der Waals surface area contributed by atoms with E-state index >= 15 is 0 Å². The van der Waals surface area contributed by atoms with E-state index in [0.29, 0.717) is 0 Å². The number of carbonyl (C=O) groups is 2. The lowest BCUT2D eigenvalue weighted by atomic mass is 9.87. The predicted octanol–water partition coefficient (Wildman–Crippen LogP) is 1.86. The van der Waals surface area contributed by atoms with E-state index in [4.69, 9.17) is 5.11 Å². The Labute approximate surface area is 78.1 Å². The molecule has 0 saturated heterocycles. The maximum absolute atomic E-state index is 10.9. The van der Waals surface area contributed by atoms with Crippen LogP contribution in [0.25, 0.3) is 0 Å². The molecular formula is C10H16O3. The van der Waals surface area contributed by atoms with Gasteiger partial charge in [0.15, 0.2) is 0 Å². The molecule has 0 aromatic heterocycles. The van der Waals surface area contributed by atoms with Crippen LogP contribution in [-0.2, 0) is 9.59 Å². The zero-order valence-electron chi connectivity index (χ0n) is 7.95. The number of Topliss-reactive ketones (excluding diaryl/α,β-unsaturated/α-hetero) is 1. The Morgan fingerprint density at radius 2 is 1.92 bits per heavy atom. The highest BCUT2D eigenvalue weighted by Gasteiger charge is 2.31. The molecule has 1 aliphatic carbocycles. The van der Waals surface area contributed by atoms with Crippen molar-refractivity contribution in [3.05, 3.63) is 0 Å². The zero-order valence-corrected chi connectivity index (χ0v) is 7.95. The van der Waals surface area contributed by atoms with Crippen molar-refractivity contribution < 1.29 is 14.7 Å². The molecule has 1 N–H and O–H groups in total. The Balaban J connectivity index is 2.55. The Morgan fingerprint density at radius 3 is 2.31 bits per heavy atom. The lowest BCUT2D eigenvalue weighted by Gasteiger charge is -2.17. The third kappa shape index (κ3) is 2.83. The van der Waals surface area contributed by atoms with Crippen LogP contribution in [0.1, 0.15) is 39.0 Å². The molecule has 3 nitrogen and oxygen atoms in total. The van der Waals surface area contributed by atoms with Crippen molar-refractivity contribution in [1.82, 2.24) is 0 Å². The molecule has 0 aromatic rings. The monoisotopic (exact) mass is 184 g/mol. The maximum Gasteiger partial charge on any atom is 0.307 e. The summed E-state index contributed by atoms with van der Waals surface area (Å²) in [6.45, 7) is 1.46. The van der Waals surface area contributed by atoms with Gasteiger partial charge in [0.25, 0.3) is 0 Å². The van der Waals surface area contributed by atoms with Crippen LogP contribution in [0.5, 0.6) is 0 Å². The fraction of sp³-hybridized carbons (Fsp3) is 0.800. The molecule has 0 spiro atoms. The van der Waals surface area contributed by atoms with Crippen LogP contribution in [-0.4, -0.2) is 16.9 Å². The molecule has 74 valence electrons. The van der Waals surface area contributed by atoms with Gasteiger partial charge < -0.3 is 9.90 Å². The SMILES string of the molecule is CC(=O)CC(C(=O)O)C1CCCC1. The van der Waals surface area contributed by atoms with E-state index in [9.17, 15) is 9.59 Å². The minimum Gasteiger partial charge on any atom is -0.481 e. The second kappa shape index (κ2) is 4.40. The topological polar surface area (TPSA) is 54.4 Å². The Hall–Kier alpha value is -0.860. The summed E-state index contributed by atoms with van der Waals surface area (Å²) >= 11 is 0. The van der Waals surface area contributed by atoms with Gasteiger partial charge in [0.2, 0.25) is 0 Å². The average molecular weight is 184 g/mol. The van der Waals surface area contributed by atoms with Gasteiger partial charge in [-0.05, 0) is 25.7 Å². The van der Waals surface area contributed by atoms with Crippen molar-refractivity contribution in [2.24, 2.45) is 11.8 Å². The van der Waals surface area contributed by atoms with E-state index in [1.165, 1.54) is 6.92 Å². The van der Waals surface area contributed by atoms with E-state index in [1.807, 2.05) is 0 Å². The second-order valence-corrected chi connectivity index (χ2v) is 3.90. The summed E-state index contributed by atoms with van der Waals surface area (Å²) in [6, 6.07) is 0. The number of rotatable bonds is 4. The van der Waals surface area contributed by atoms with Gasteiger partial charge in [0.05, 0.1) is 5.92 Å². The lowest BCUT2D eigenvalue weighted by Crippen LogP contribution is -2.23. The Bertz CT molecular complexity index is 204. The minimum atomic E-state index is -0.804. The van der Waals surface area contributed by atoms with Gasteiger partial charge >= 0.3 is 5.97 Å². The maximum atomic E-state index is 10.9. The zero-order chi connectivity index (χ0) is 9.84.